The second kappa shape index (κ2) is 78.1. The molecule has 0 atom stereocenters. The van der Waals surface area contributed by atoms with Crippen molar-refractivity contribution >= 4 is 0 Å². The molecule has 1 nitrogen and oxygen atoms in total. The first-order valence-electron chi connectivity index (χ1n) is 0.167. The molecule has 0 unspecified atom stereocenters. The summed E-state index contributed by atoms with van der Waals surface area (Å²) in [6.45, 7) is 0. The van der Waals surface area contributed by atoms with Gasteiger partial charge in [-0.15, -0.1) is 0 Å². The monoisotopic (exact) mass is 254 g/mol. The van der Waals surface area contributed by atoms with E-state index in [4.69, 9.17) is 3.40 Å². The van der Waals surface area contributed by atoms with Crippen LogP contribution in [0.1, 0.15) is 0 Å². The molecule has 0 saturated carbocycles. The summed E-state index contributed by atoms with van der Waals surface area (Å²) in [5.74, 6) is 0. The average Bonchev–Trinajstić information content (AvgIpc) is 1.00. The molecule has 0 aliphatic carbocycles. The molecule has 0 N–H and O–H groups in total. The van der Waals surface area contributed by atoms with Crippen LogP contribution in [0.4, 0.5) is 0 Å². The van der Waals surface area contributed by atoms with E-state index in [1.807, 2.05) is 0 Å². The van der Waals surface area contributed by atoms with Gasteiger partial charge in [0.2, 0.25) is 0 Å². The molecule has 6 heavy (non-hydrogen) atoms. The Bertz CT molecular complexity index is 7.51. The molecule has 0 heterocycles. The quantitative estimate of drug-likeness (QED) is 0.392. The van der Waals surface area contributed by atoms with E-state index in [-0.39, 0.29) is 49.6 Å². The predicted molar refractivity (Wildman–Crippen MR) is 0.686 cm³/mol. The van der Waals surface area contributed by atoms with Gasteiger partial charge in [0, 0.05) is 0 Å². The van der Waals surface area contributed by atoms with Gasteiger partial charge in [0.25, 0.3) is 0 Å². The van der Waals surface area contributed by atoms with E-state index in [1.54, 1.807) is 0 Å². The first kappa shape index (κ1) is 48.2. The van der Waals surface area contributed by atoms with Gasteiger partial charge in [-0.3, -0.25) is 0 Å². The van der Waals surface area contributed by atoms with Crippen LogP contribution in [-0.4, -0.2) is 0 Å². The standard InChI is InChI=1S/4ClH.Mo.O/h4*1H;;/q;;;;+4;/p-4. The van der Waals surface area contributed by atoms with Gasteiger partial charge in [-0.1, -0.05) is 0 Å². The van der Waals surface area contributed by atoms with Crippen LogP contribution in [0, 0.1) is 0 Å². The molecule has 0 amide bonds. The Kier molecular flexibility index (Phi) is 627. The second-order valence-corrected chi connectivity index (χ2v) is 0. The first-order chi connectivity index (χ1) is 1.00. The van der Waals surface area contributed by atoms with Crippen LogP contribution < -0.4 is 49.6 Å². The number of halogens is 4. The van der Waals surface area contributed by atoms with Crippen molar-refractivity contribution in [2.24, 2.45) is 0 Å². The summed E-state index contributed by atoms with van der Waals surface area (Å²) >= 11 is 0.700. The Balaban J connectivity index is -0.000000000833. The number of rotatable bonds is 0. The molecule has 40 valence electrons. The minimum absolute atomic E-state index is 0. The van der Waals surface area contributed by atoms with Crippen LogP contribution in [0.5, 0.6) is 0 Å². The zero-order valence-electron chi connectivity index (χ0n) is 2.33. The molecule has 0 aromatic heterocycles. The third kappa shape index (κ3) is 44.9. The van der Waals surface area contributed by atoms with Crippen molar-refractivity contribution < 1.29 is 72.8 Å². The molecule has 6 heteroatoms. The molecule has 0 bridgehead atoms. The van der Waals surface area contributed by atoms with Crippen molar-refractivity contribution in [3.63, 3.8) is 0 Å². The van der Waals surface area contributed by atoms with E-state index in [1.165, 1.54) is 0 Å². The van der Waals surface area contributed by atoms with E-state index in [9.17, 15) is 0 Å². The average molecular weight is 254 g/mol. The van der Waals surface area contributed by atoms with Crippen LogP contribution in [0.2, 0.25) is 0 Å². The van der Waals surface area contributed by atoms with Crippen molar-refractivity contribution in [2.45, 2.75) is 0 Å². The maximum absolute atomic E-state index is 8.26. The zero-order chi connectivity index (χ0) is 2.00. The summed E-state index contributed by atoms with van der Waals surface area (Å²) in [5.41, 5.74) is 0. The Morgan fingerprint density at radius 2 is 0.667 bits per heavy atom. The molecule has 0 aliphatic heterocycles. The fraction of sp³-hybridized carbons (Fsp3) is 0. The Hall–Kier alpha value is 1.65. The molecule has 0 saturated heterocycles. The van der Waals surface area contributed by atoms with Crippen LogP contribution in [-0.2, 0) is 23.2 Å². The fourth-order valence-corrected chi connectivity index (χ4v) is 0. The zero-order valence-corrected chi connectivity index (χ0v) is 7.36. The summed E-state index contributed by atoms with van der Waals surface area (Å²) in [6, 6.07) is 0. The molecular formula is Cl4MoO. The van der Waals surface area contributed by atoms with Gasteiger partial charge in [0.05, 0.1) is 0 Å². The molecule has 0 fully saturated rings. The normalized spacial score (nSPS) is 1.00. The Morgan fingerprint density at radius 3 is 0.667 bits per heavy atom. The Labute approximate surface area is 72.5 Å². The van der Waals surface area contributed by atoms with Crippen molar-refractivity contribution in [3.05, 3.63) is 0 Å². The molecule has 0 radical (unpaired) electrons. The number of hydrogen-bond acceptors (Lipinski definition) is 1. The van der Waals surface area contributed by atoms with Crippen molar-refractivity contribution in [1.29, 1.82) is 0 Å². The first-order valence-corrected chi connectivity index (χ1v) is 0.986. The summed E-state index contributed by atoms with van der Waals surface area (Å²) in [5, 5.41) is 0. The summed E-state index contributed by atoms with van der Waals surface area (Å²) < 4.78 is 8.26. The van der Waals surface area contributed by atoms with E-state index < -0.39 is 0 Å². The number of hydrogen-bond donors (Lipinski definition) is 0. The van der Waals surface area contributed by atoms with E-state index in [0.29, 0.717) is 19.8 Å². The SMILES string of the molecule is [Cl-].[Cl-].[Cl-].[Cl-].[O]=[Mo+4]. The summed E-state index contributed by atoms with van der Waals surface area (Å²) in [4.78, 5) is 0. The summed E-state index contributed by atoms with van der Waals surface area (Å²) in [6.07, 6.45) is 0. The molecule has 0 spiro atoms. The van der Waals surface area contributed by atoms with E-state index in [2.05, 4.69) is 0 Å². The van der Waals surface area contributed by atoms with Crippen molar-refractivity contribution in [2.75, 3.05) is 0 Å². The van der Waals surface area contributed by atoms with Gasteiger partial charge in [0.15, 0.2) is 0 Å². The third-order valence-electron chi connectivity index (χ3n) is 0. The predicted octanol–water partition coefficient (Wildman–Crippen LogP) is -12.1. The topological polar surface area (TPSA) is 17.1 Å². The molecule has 0 aliphatic rings. The van der Waals surface area contributed by atoms with Gasteiger partial charge >= 0.3 is 23.2 Å². The maximum atomic E-state index is 8.26. The van der Waals surface area contributed by atoms with Crippen molar-refractivity contribution in [3.8, 4) is 0 Å². The third-order valence-corrected chi connectivity index (χ3v) is 0. The van der Waals surface area contributed by atoms with Gasteiger partial charge in [0.1, 0.15) is 0 Å². The molecule has 0 aromatic carbocycles. The van der Waals surface area contributed by atoms with Gasteiger partial charge < -0.3 is 49.6 Å². The second-order valence-electron chi connectivity index (χ2n) is 0. The van der Waals surface area contributed by atoms with Crippen molar-refractivity contribution in [1.82, 2.24) is 0 Å². The van der Waals surface area contributed by atoms with Gasteiger partial charge in [-0.25, -0.2) is 0 Å². The molecular weight excluding hydrogens is 254 g/mol. The molecule has 0 rings (SSSR count). The van der Waals surface area contributed by atoms with E-state index >= 15 is 0 Å². The van der Waals surface area contributed by atoms with Crippen LogP contribution in [0.3, 0.4) is 0 Å². The van der Waals surface area contributed by atoms with Crippen LogP contribution in [0.15, 0.2) is 0 Å². The van der Waals surface area contributed by atoms with Crippen LogP contribution in [0.25, 0.3) is 0 Å². The molecule has 0 aromatic rings. The Morgan fingerprint density at radius 1 is 0.667 bits per heavy atom. The van der Waals surface area contributed by atoms with Gasteiger partial charge in [-0.2, -0.15) is 0 Å². The fourth-order valence-electron chi connectivity index (χ4n) is 0. The summed E-state index contributed by atoms with van der Waals surface area (Å²) in [7, 11) is 0. The van der Waals surface area contributed by atoms with E-state index in [0.717, 1.165) is 0 Å². The van der Waals surface area contributed by atoms with Crippen LogP contribution >= 0.6 is 0 Å². The van der Waals surface area contributed by atoms with Gasteiger partial charge in [-0.05, 0) is 0 Å². The minimum atomic E-state index is 0.